The SMILES string of the molecule is CCOC(=O)c1cc2cccc(NC(=O)C3CC4CCC(C3)N4C(=O)CN3CCN=C3N)c2[nH]1.O=CO. The molecule has 1 aromatic carbocycles. The van der Waals surface area contributed by atoms with Gasteiger partial charge in [0.05, 0.1) is 30.9 Å². The van der Waals surface area contributed by atoms with Crippen LogP contribution in [0.1, 0.15) is 43.1 Å². The number of carbonyl (C=O) groups excluding carboxylic acids is 3. The summed E-state index contributed by atoms with van der Waals surface area (Å²) in [5.74, 6) is -0.158. The van der Waals surface area contributed by atoms with Gasteiger partial charge in [0.1, 0.15) is 5.69 Å². The van der Waals surface area contributed by atoms with E-state index in [1.165, 1.54) is 0 Å². The van der Waals surface area contributed by atoms with Gasteiger partial charge in [0, 0.05) is 29.9 Å². The highest BCUT2D eigenvalue weighted by molar-refractivity contribution is 6.04. The molecular weight excluding hydrogens is 480 g/mol. The van der Waals surface area contributed by atoms with Crippen molar-refractivity contribution in [3.63, 3.8) is 0 Å². The van der Waals surface area contributed by atoms with Crippen molar-refractivity contribution in [1.82, 2.24) is 14.8 Å². The molecule has 3 aliphatic heterocycles. The van der Waals surface area contributed by atoms with E-state index in [0.717, 1.165) is 18.2 Å². The molecule has 2 amide bonds. The second-order valence-electron chi connectivity index (χ2n) is 9.28. The second-order valence-corrected chi connectivity index (χ2v) is 9.28. The van der Waals surface area contributed by atoms with Crippen LogP contribution in [0.5, 0.6) is 0 Å². The number of aliphatic imine (C=N–C) groups is 1. The summed E-state index contributed by atoms with van der Waals surface area (Å²) in [6.45, 7) is 3.35. The van der Waals surface area contributed by atoms with Crippen LogP contribution in [0.15, 0.2) is 29.3 Å². The van der Waals surface area contributed by atoms with E-state index in [-0.39, 0.29) is 42.8 Å². The number of carboxylic acid groups (broad SMARTS) is 1. The van der Waals surface area contributed by atoms with E-state index in [4.69, 9.17) is 20.4 Å². The zero-order valence-corrected chi connectivity index (χ0v) is 20.7. The molecule has 198 valence electrons. The number of carbonyl (C=O) groups is 4. The quantitative estimate of drug-likeness (QED) is 0.332. The van der Waals surface area contributed by atoms with Crippen LogP contribution < -0.4 is 11.1 Å². The van der Waals surface area contributed by atoms with Crippen molar-refractivity contribution in [2.24, 2.45) is 16.6 Å². The van der Waals surface area contributed by atoms with Crippen molar-refractivity contribution in [3.05, 3.63) is 30.0 Å². The number of fused-ring (bicyclic) bond motifs is 3. The number of anilines is 1. The number of hydrogen-bond acceptors (Lipinski definition) is 8. The minimum Gasteiger partial charge on any atom is -0.483 e. The molecule has 2 bridgehead atoms. The zero-order valence-electron chi connectivity index (χ0n) is 20.7. The van der Waals surface area contributed by atoms with Crippen LogP contribution in [0.25, 0.3) is 10.9 Å². The normalized spacial score (nSPS) is 22.2. The molecule has 0 aliphatic carbocycles. The van der Waals surface area contributed by atoms with Crippen molar-refractivity contribution >= 4 is 46.8 Å². The van der Waals surface area contributed by atoms with Gasteiger partial charge in [0.15, 0.2) is 5.96 Å². The Bertz CT molecular complexity index is 1200. The smallest absolute Gasteiger partial charge is 0.354 e. The number of H-pyrrole nitrogens is 1. The molecule has 12 nitrogen and oxygen atoms in total. The molecule has 0 saturated carbocycles. The largest absolute Gasteiger partial charge is 0.483 e. The first-order chi connectivity index (χ1) is 17.9. The number of para-hydroxylation sites is 1. The third-order valence-electron chi connectivity index (χ3n) is 7.10. The Morgan fingerprint density at radius 1 is 1.27 bits per heavy atom. The zero-order chi connectivity index (χ0) is 26.5. The molecule has 3 aliphatic rings. The van der Waals surface area contributed by atoms with E-state index in [9.17, 15) is 14.4 Å². The number of ether oxygens (including phenoxy) is 1. The highest BCUT2D eigenvalue weighted by Gasteiger charge is 2.45. The molecular formula is C25H32N6O6. The summed E-state index contributed by atoms with van der Waals surface area (Å²) in [5, 5.41) is 10.8. The van der Waals surface area contributed by atoms with Crippen LogP contribution in [0.3, 0.4) is 0 Å². The Morgan fingerprint density at radius 2 is 1.97 bits per heavy atom. The standard InChI is InChI=1S/C24H30N6O4.CH2O2/c1-2-34-23(33)19-12-14-4-3-5-18(21(14)27-19)28-22(32)15-10-16-6-7-17(11-15)30(16)20(31)13-29-9-8-26-24(29)25;2-1-3/h3-5,12,15-17,27H,2,6-11,13H2,1H3,(H2,25,26)(H,28,32);1H,(H,2,3). The highest BCUT2D eigenvalue weighted by atomic mass is 16.5. The third-order valence-corrected chi connectivity index (χ3v) is 7.10. The number of aromatic nitrogens is 1. The molecule has 4 heterocycles. The lowest BCUT2D eigenvalue weighted by Crippen LogP contribution is -2.52. The highest BCUT2D eigenvalue weighted by Crippen LogP contribution is 2.39. The molecule has 1 aromatic heterocycles. The van der Waals surface area contributed by atoms with Crippen molar-refractivity contribution in [2.75, 3.05) is 31.6 Å². The van der Waals surface area contributed by atoms with Crippen molar-refractivity contribution < 1.29 is 29.0 Å². The Hall–Kier alpha value is -4.09. The number of nitrogens with one attached hydrogen (secondary N) is 2. The fourth-order valence-corrected chi connectivity index (χ4v) is 5.52. The molecule has 37 heavy (non-hydrogen) atoms. The third kappa shape index (κ3) is 5.52. The Kier molecular flexibility index (Phi) is 7.95. The van der Waals surface area contributed by atoms with Gasteiger partial charge in [-0.3, -0.25) is 19.4 Å². The van der Waals surface area contributed by atoms with Gasteiger partial charge in [-0.15, -0.1) is 0 Å². The number of piperidine rings is 1. The molecule has 5 N–H and O–H groups in total. The fraction of sp³-hybridized carbons (Fsp3) is 0.480. The summed E-state index contributed by atoms with van der Waals surface area (Å²) < 4.78 is 5.07. The van der Waals surface area contributed by atoms with E-state index < -0.39 is 5.97 Å². The van der Waals surface area contributed by atoms with Crippen LogP contribution in [-0.2, 0) is 19.1 Å². The van der Waals surface area contributed by atoms with Gasteiger partial charge >= 0.3 is 5.97 Å². The number of nitrogens with two attached hydrogens (primary N) is 1. The minimum absolute atomic E-state index is 0.0558. The molecule has 2 saturated heterocycles. The average Bonchev–Trinajstić information content (AvgIpc) is 3.56. The van der Waals surface area contributed by atoms with Gasteiger partial charge in [-0.25, -0.2) is 4.79 Å². The van der Waals surface area contributed by atoms with E-state index in [1.807, 2.05) is 28.0 Å². The lowest BCUT2D eigenvalue weighted by Gasteiger charge is -2.39. The van der Waals surface area contributed by atoms with Gasteiger partial charge in [0.25, 0.3) is 6.47 Å². The van der Waals surface area contributed by atoms with Crippen LogP contribution in [-0.4, -0.2) is 88.4 Å². The Labute approximate surface area is 213 Å². The summed E-state index contributed by atoms with van der Waals surface area (Å²) in [6.07, 6.45) is 3.12. The van der Waals surface area contributed by atoms with Gasteiger partial charge in [-0.1, -0.05) is 12.1 Å². The van der Waals surface area contributed by atoms with Gasteiger partial charge in [-0.2, -0.15) is 0 Å². The number of benzene rings is 1. The number of aromatic amines is 1. The summed E-state index contributed by atoms with van der Waals surface area (Å²) in [4.78, 5) is 57.7. The maximum absolute atomic E-state index is 13.2. The second kappa shape index (κ2) is 11.3. The topological polar surface area (TPSA) is 170 Å². The van der Waals surface area contributed by atoms with Crippen LogP contribution >= 0.6 is 0 Å². The fourth-order valence-electron chi connectivity index (χ4n) is 5.52. The maximum atomic E-state index is 13.2. The molecule has 0 spiro atoms. The summed E-state index contributed by atoms with van der Waals surface area (Å²) in [7, 11) is 0. The predicted octanol–water partition coefficient (Wildman–Crippen LogP) is 1.38. The van der Waals surface area contributed by atoms with E-state index in [1.54, 1.807) is 13.0 Å². The first-order valence-electron chi connectivity index (χ1n) is 12.4. The van der Waals surface area contributed by atoms with Crippen LogP contribution in [0.2, 0.25) is 0 Å². The molecule has 2 fully saturated rings. The monoisotopic (exact) mass is 512 g/mol. The number of guanidine groups is 1. The predicted molar refractivity (Wildman–Crippen MR) is 136 cm³/mol. The number of esters is 1. The summed E-state index contributed by atoms with van der Waals surface area (Å²) in [6, 6.07) is 7.41. The first kappa shape index (κ1) is 26.0. The number of amides is 2. The lowest BCUT2D eigenvalue weighted by atomic mass is 9.89. The van der Waals surface area contributed by atoms with Crippen molar-refractivity contribution in [1.29, 1.82) is 0 Å². The van der Waals surface area contributed by atoms with Gasteiger partial charge < -0.3 is 35.7 Å². The van der Waals surface area contributed by atoms with E-state index in [0.29, 0.717) is 55.4 Å². The molecule has 0 radical (unpaired) electrons. The van der Waals surface area contributed by atoms with Gasteiger partial charge in [0.2, 0.25) is 11.8 Å². The Balaban J connectivity index is 0.00000102. The van der Waals surface area contributed by atoms with Crippen molar-refractivity contribution in [3.8, 4) is 0 Å². The minimum atomic E-state index is -0.424. The lowest BCUT2D eigenvalue weighted by molar-refractivity contribution is -0.138. The number of rotatable bonds is 6. The molecule has 5 rings (SSSR count). The van der Waals surface area contributed by atoms with Crippen LogP contribution in [0, 0.1) is 5.92 Å². The maximum Gasteiger partial charge on any atom is 0.354 e. The summed E-state index contributed by atoms with van der Waals surface area (Å²) >= 11 is 0. The number of hydrogen-bond donors (Lipinski definition) is 4. The van der Waals surface area contributed by atoms with Crippen LogP contribution in [0.4, 0.5) is 5.69 Å². The van der Waals surface area contributed by atoms with E-state index >= 15 is 0 Å². The first-order valence-corrected chi connectivity index (χ1v) is 12.4. The van der Waals surface area contributed by atoms with E-state index in [2.05, 4.69) is 15.3 Å². The summed E-state index contributed by atoms with van der Waals surface area (Å²) in [5.41, 5.74) is 7.55. The Morgan fingerprint density at radius 3 is 2.59 bits per heavy atom. The average molecular weight is 513 g/mol. The molecule has 2 unspecified atom stereocenters. The molecule has 2 aromatic rings. The van der Waals surface area contributed by atoms with Crippen molar-refractivity contribution in [2.45, 2.75) is 44.7 Å². The molecule has 12 heteroatoms. The molecule has 2 atom stereocenters. The van der Waals surface area contributed by atoms with Gasteiger partial charge in [-0.05, 0) is 44.7 Å². The number of nitrogens with zero attached hydrogens (tertiary/aromatic N) is 3.